The lowest BCUT2D eigenvalue weighted by molar-refractivity contribution is 0.315. The van der Waals surface area contributed by atoms with Gasteiger partial charge in [-0.2, -0.15) is 8.42 Å². The number of hydrogen-bond donors (Lipinski definition) is 0. The Labute approximate surface area is 72.3 Å². The van der Waals surface area contributed by atoms with Crippen LogP contribution in [0.1, 0.15) is 0 Å². The number of rotatable bonds is 1. The Morgan fingerprint density at radius 2 is 1.92 bits per heavy atom. The molecule has 0 saturated carbocycles. The molecule has 0 fully saturated rings. The topological polar surface area (TPSA) is 73.1 Å². The largest absolute Gasteiger partial charge is 0.332 e. The minimum absolute atomic E-state index is 0.207. The van der Waals surface area contributed by atoms with E-state index in [9.17, 15) is 12.3 Å². The van der Waals surface area contributed by atoms with Crippen LogP contribution in [0.15, 0.2) is 27.7 Å². The number of aromatic nitrogens is 2. The second-order valence-electron chi connectivity index (χ2n) is 2.35. The first-order valence-electron chi connectivity index (χ1n) is 3.24. The second kappa shape index (κ2) is 2.49. The van der Waals surface area contributed by atoms with Gasteiger partial charge >= 0.3 is 10.2 Å². The van der Waals surface area contributed by atoms with Gasteiger partial charge in [0.05, 0.1) is 0 Å². The van der Waals surface area contributed by atoms with Crippen LogP contribution in [-0.2, 0) is 10.2 Å². The number of halogens is 1. The smallest absolute Gasteiger partial charge is 0.243 e. The van der Waals surface area contributed by atoms with E-state index in [0.717, 1.165) is 12.1 Å². The highest BCUT2D eigenvalue weighted by Gasteiger charge is 2.13. The lowest BCUT2D eigenvalue weighted by atomic mass is 10.3. The van der Waals surface area contributed by atoms with E-state index in [-0.39, 0.29) is 5.52 Å². The maximum absolute atomic E-state index is 12.4. The molecule has 0 aliphatic rings. The highest BCUT2D eigenvalue weighted by molar-refractivity contribution is 7.86. The molecular formula is C6H3FN2O3S. The zero-order chi connectivity index (χ0) is 9.47. The van der Waals surface area contributed by atoms with E-state index in [1.807, 2.05) is 0 Å². The van der Waals surface area contributed by atoms with Gasteiger partial charge < -0.3 is 0 Å². The highest BCUT2D eigenvalue weighted by atomic mass is 32.3. The Kier molecular flexibility index (Phi) is 1.56. The van der Waals surface area contributed by atoms with Crippen LogP contribution >= 0.6 is 0 Å². The van der Waals surface area contributed by atoms with E-state index in [0.29, 0.717) is 5.52 Å². The summed E-state index contributed by atoms with van der Waals surface area (Å²) in [4.78, 5) is -0.448. The van der Waals surface area contributed by atoms with Gasteiger partial charge in [-0.1, -0.05) is 0 Å². The Morgan fingerprint density at radius 1 is 1.23 bits per heavy atom. The van der Waals surface area contributed by atoms with Crippen molar-refractivity contribution in [3.63, 3.8) is 0 Å². The third-order valence-corrected chi connectivity index (χ3v) is 2.32. The molecule has 7 heteroatoms. The summed E-state index contributed by atoms with van der Waals surface area (Å²) in [5.74, 6) is 0. The fraction of sp³-hybridized carbons (Fsp3) is 0. The summed E-state index contributed by atoms with van der Waals surface area (Å²) >= 11 is 0. The van der Waals surface area contributed by atoms with E-state index in [1.165, 1.54) is 6.07 Å². The SMILES string of the molecule is O=S(=O)(F)c1ccc2nonc2c1. The van der Waals surface area contributed by atoms with E-state index in [2.05, 4.69) is 14.9 Å². The normalized spacial score (nSPS) is 12.1. The van der Waals surface area contributed by atoms with Crippen molar-refractivity contribution in [2.45, 2.75) is 4.90 Å². The number of fused-ring (bicyclic) bond motifs is 1. The number of hydrogen-bond acceptors (Lipinski definition) is 5. The molecule has 2 aromatic rings. The van der Waals surface area contributed by atoms with Crippen LogP contribution in [0.3, 0.4) is 0 Å². The predicted molar refractivity (Wildman–Crippen MR) is 40.1 cm³/mol. The summed E-state index contributed by atoms with van der Waals surface area (Å²) in [6, 6.07) is 3.47. The summed E-state index contributed by atoms with van der Waals surface area (Å²) in [6.07, 6.45) is 0. The molecule has 0 spiro atoms. The fourth-order valence-corrected chi connectivity index (χ4v) is 1.40. The van der Waals surface area contributed by atoms with Crippen LogP contribution in [0.5, 0.6) is 0 Å². The van der Waals surface area contributed by atoms with Crippen LogP contribution in [-0.4, -0.2) is 18.7 Å². The van der Waals surface area contributed by atoms with Gasteiger partial charge in [0.25, 0.3) is 0 Å². The van der Waals surface area contributed by atoms with Gasteiger partial charge in [-0.3, -0.25) is 0 Å². The molecule has 1 heterocycles. The molecule has 0 bridgehead atoms. The quantitative estimate of drug-likeness (QED) is 0.642. The van der Waals surface area contributed by atoms with Gasteiger partial charge in [0.2, 0.25) is 0 Å². The van der Waals surface area contributed by atoms with E-state index < -0.39 is 15.1 Å². The van der Waals surface area contributed by atoms with E-state index >= 15 is 0 Å². The van der Waals surface area contributed by atoms with Crippen LogP contribution in [0.2, 0.25) is 0 Å². The van der Waals surface area contributed by atoms with E-state index in [4.69, 9.17) is 0 Å². The van der Waals surface area contributed by atoms with Gasteiger partial charge in [0.15, 0.2) is 0 Å². The van der Waals surface area contributed by atoms with Crippen LogP contribution in [0.25, 0.3) is 11.0 Å². The Morgan fingerprint density at radius 3 is 2.62 bits per heavy atom. The molecule has 0 aliphatic heterocycles. The summed E-state index contributed by atoms with van der Waals surface area (Å²) in [7, 11) is -4.68. The van der Waals surface area contributed by atoms with E-state index in [1.54, 1.807) is 0 Å². The first-order chi connectivity index (χ1) is 6.07. The van der Waals surface area contributed by atoms with Crippen molar-refractivity contribution < 1.29 is 16.9 Å². The van der Waals surface area contributed by atoms with Crippen molar-refractivity contribution in [2.75, 3.05) is 0 Å². The standard InChI is InChI=1S/C6H3FN2O3S/c7-13(10,11)4-1-2-5-6(3-4)9-12-8-5/h1-3H. The predicted octanol–water partition coefficient (Wildman–Crippen LogP) is 0.881. The second-order valence-corrected chi connectivity index (χ2v) is 3.70. The lowest BCUT2D eigenvalue weighted by Crippen LogP contribution is -1.90. The first-order valence-corrected chi connectivity index (χ1v) is 4.63. The third kappa shape index (κ3) is 1.37. The zero-order valence-electron chi connectivity index (χ0n) is 6.14. The average Bonchev–Trinajstić information content (AvgIpc) is 2.47. The van der Waals surface area contributed by atoms with Crippen molar-refractivity contribution in [2.24, 2.45) is 0 Å². The molecule has 1 aromatic carbocycles. The highest BCUT2D eigenvalue weighted by Crippen LogP contribution is 2.17. The summed E-state index contributed by atoms with van der Waals surface area (Å²) < 4.78 is 37.7. The Hall–Kier alpha value is -1.50. The molecule has 0 radical (unpaired) electrons. The summed E-state index contributed by atoms with van der Waals surface area (Å²) in [5, 5.41) is 6.81. The molecule has 2 rings (SSSR count). The van der Waals surface area contributed by atoms with Crippen molar-refractivity contribution in [3.05, 3.63) is 18.2 Å². The van der Waals surface area contributed by atoms with Crippen molar-refractivity contribution >= 4 is 21.3 Å². The minimum Gasteiger partial charge on any atom is -0.243 e. The molecule has 0 amide bonds. The van der Waals surface area contributed by atoms with Gasteiger partial charge in [-0.05, 0) is 28.5 Å². The molecule has 0 atom stereocenters. The molecular weight excluding hydrogens is 199 g/mol. The summed E-state index contributed by atoms with van der Waals surface area (Å²) in [5.41, 5.74) is 0.589. The molecule has 68 valence electrons. The van der Waals surface area contributed by atoms with Crippen molar-refractivity contribution in [1.82, 2.24) is 10.3 Å². The molecule has 1 aromatic heterocycles. The minimum atomic E-state index is -4.68. The molecule has 0 saturated heterocycles. The van der Waals surface area contributed by atoms with Crippen LogP contribution < -0.4 is 0 Å². The molecule has 13 heavy (non-hydrogen) atoms. The average molecular weight is 202 g/mol. The van der Waals surface area contributed by atoms with Gasteiger partial charge in [-0.25, -0.2) is 4.63 Å². The summed E-state index contributed by atoms with van der Waals surface area (Å²) in [6.45, 7) is 0. The van der Waals surface area contributed by atoms with Gasteiger partial charge in [0, 0.05) is 0 Å². The molecule has 0 aliphatic carbocycles. The lowest BCUT2D eigenvalue weighted by Gasteiger charge is -1.91. The van der Waals surface area contributed by atoms with Gasteiger partial charge in [0.1, 0.15) is 15.9 Å². The monoisotopic (exact) mass is 202 g/mol. The zero-order valence-corrected chi connectivity index (χ0v) is 6.95. The maximum atomic E-state index is 12.4. The van der Waals surface area contributed by atoms with Gasteiger partial charge in [-0.15, -0.1) is 3.89 Å². The number of benzene rings is 1. The number of nitrogens with zero attached hydrogens (tertiary/aromatic N) is 2. The maximum Gasteiger partial charge on any atom is 0.332 e. The van der Waals surface area contributed by atoms with Crippen molar-refractivity contribution in [3.8, 4) is 0 Å². The van der Waals surface area contributed by atoms with Crippen LogP contribution in [0.4, 0.5) is 3.89 Å². The Bertz CT molecular complexity index is 548. The van der Waals surface area contributed by atoms with Crippen molar-refractivity contribution in [1.29, 1.82) is 0 Å². The molecule has 5 nitrogen and oxygen atoms in total. The first kappa shape index (κ1) is 8.11. The fourth-order valence-electron chi connectivity index (χ4n) is 0.914. The molecule has 0 unspecified atom stereocenters. The Balaban J connectivity index is 2.75. The third-order valence-electron chi connectivity index (χ3n) is 1.51. The van der Waals surface area contributed by atoms with Crippen LogP contribution in [0, 0.1) is 0 Å². The molecule has 0 N–H and O–H groups in total.